The highest BCUT2D eigenvalue weighted by atomic mass is 35.5. The highest BCUT2D eigenvalue weighted by Crippen LogP contribution is 2.33. The van der Waals surface area contributed by atoms with Gasteiger partial charge in [0.25, 0.3) is 0 Å². The zero-order chi connectivity index (χ0) is 12.3. The Bertz CT molecular complexity index is 374. The van der Waals surface area contributed by atoms with Gasteiger partial charge in [-0.15, -0.1) is 0 Å². The fourth-order valence-corrected chi connectivity index (χ4v) is 2.32. The summed E-state index contributed by atoms with van der Waals surface area (Å²) in [6.45, 7) is 3.24. The van der Waals surface area contributed by atoms with Gasteiger partial charge in [-0.2, -0.15) is 0 Å². The molecule has 0 aromatic heterocycles. The number of halogens is 2. The third kappa shape index (κ3) is 4.17. The van der Waals surface area contributed by atoms with Gasteiger partial charge in [-0.1, -0.05) is 42.1 Å². The SMILES string of the molecule is CC(NCCCC1CC1)c1ccc(Cl)c(Cl)c1. The van der Waals surface area contributed by atoms with E-state index in [9.17, 15) is 0 Å². The zero-order valence-corrected chi connectivity index (χ0v) is 11.7. The summed E-state index contributed by atoms with van der Waals surface area (Å²) < 4.78 is 0. The van der Waals surface area contributed by atoms with E-state index in [0.29, 0.717) is 16.1 Å². The fourth-order valence-electron chi connectivity index (χ4n) is 2.02. The first-order valence-corrected chi connectivity index (χ1v) is 7.10. The maximum absolute atomic E-state index is 6.01. The first kappa shape index (κ1) is 13.2. The Morgan fingerprint density at radius 3 is 2.71 bits per heavy atom. The van der Waals surface area contributed by atoms with E-state index >= 15 is 0 Å². The normalized spacial score (nSPS) is 17.1. The molecule has 1 aliphatic rings. The minimum atomic E-state index is 0.337. The van der Waals surface area contributed by atoms with Crippen LogP contribution in [0.25, 0.3) is 0 Å². The lowest BCUT2D eigenvalue weighted by Crippen LogP contribution is -2.19. The van der Waals surface area contributed by atoms with Gasteiger partial charge >= 0.3 is 0 Å². The Hall–Kier alpha value is -0.240. The molecule has 94 valence electrons. The average molecular weight is 272 g/mol. The minimum absolute atomic E-state index is 0.337. The highest BCUT2D eigenvalue weighted by molar-refractivity contribution is 6.42. The molecule has 3 heteroatoms. The number of benzene rings is 1. The van der Waals surface area contributed by atoms with Gasteiger partial charge in [0, 0.05) is 6.04 Å². The molecule has 2 rings (SSSR count). The second kappa shape index (κ2) is 6.08. The van der Waals surface area contributed by atoms with E-state index in [-0.39, 0.29) is 0 Å². The predicted octanol–water partition coefficient (Wildman–Crippen LogP) is 4.83. The molecule has 1 N–H and O–H groups in total. The molecule has 1 aromatic rings. The molecular formula is C14H19Cl2N. The second-order valence-electron chi connectivity index (χ2n) is 4.93. The third-order valence-corrected chi connectivity index (χ3v) is 4.12. The first-order valence-electron chi connectivity index (χ1n) is 6.35. The van der Waals surface area contributed by atoms with E-state index < -0.39 is 0 Å². The maximum atomic E-state index is 6.01. The van der Waals surface area contributed by atoms with Crippen LogP contribution in [0.2, 0.25) is 10.0 Å². The van der Waals surface area contributed by atoms with Crippen molar-refractivity contribution in [1.82, 2.24) is 5.32 Å². The van der Waals surface area contributed by atoms with Gasteiger partial charge in [0.1, 0.15) is 0 Å². The summed E-state index contributed by atoms with van der Waals surface area (Å²) >= 11 is 11.9. The van der Waals surface area contributed by atoms with Gasteiger partial charge in [-0.05, 0) is 49.9 Å². The maximum Gasteiger partial charge on any atom is 0.0595 e. The summed E-state index contributed by atoms with van der Waals surface area (Å²) in [5, 5.41) is 4.78. The molecule has 0 saturated heterocycles. The van der Waals surface area contributed by atoms with Gasteiger partial charge in [-0.25, -0.2) is 0 Å². The van der Waals surface area contributed by atoms with Crippen molar-refractivity contribution < 1.29 is 0 Å². The van der Waals surface area contributed by atoms with Crippen molar-refractivity contribution in [1.29, 1.82) is 0 Å². The van der Waals surface area contributed by atoms with E-state index in [1.54, 1.807) is 0 Å². The monoisotopic (exact) mass is 271 g/mol. The quantitative estimate of drug-likeness (QED) is 0.731. The third-order valence-electron chi connectivity index (χ3n) is 3.38. The molecule has 0 heterocycles. The molecule has 1 unspecified atom stereocenters. The minimum Gasteiger partial charge on any atom is -0.310 e. The smallest absolute Gasteiger partial charge is 0.0595 e. The Kier molecular flexibility index (Phi) is 4.72. The zero-order valence-electron chi connectivity index (χ0n) is 10.2. The second-order valence-corrected chi connectivity index (χ2v) is 5.75. The van der Waals surface area contributed by atoms with Gasteiger partial charge in [-0.3, -0.25) is 0 Å². The van der Waals surface area contributed by atoms with Gasteiger partial charge in [0.05, 0.1) is 10.0 Å². The summed E-state index contributed by atoms with van der Waals surface area (Å²) in [6, 6.07) is 6.18. The molecule has 0 radical (unpaired) electrons. The van der Waals surface area contributed by atoms with Crippen molar-refractivity contribution in [2.75, 3.05) is 6.54 Å². The summed E-state index contributed by atoms with van der Waals surface area (Å²) in [5.74, 6) is 1.03. The largest absolute Gasteiger partial charge is 0.310 e. The van der Waals surface area contributed by atoms with Crippen LogP contribution in [0.1, 0.15) is 44.2 Å². The molecule has 1 nitrogen and oxygen atoms in total. The number of rotatable bonds is 6. The van der Waals surface area contributed by atoms with Crippen molar-refractivity contribution in [3.63, 3.8) is 0 Å². The van der Waals surface area contributed by atoms with Crippen molar-refractivity contribution in [3.05, 3.63) is 33.8 Å². The predicted molar refractivity (Wildman–Crippen MR) is 74.8 cm³/mol. The molecule has 0 bridgehead atoms. The Labute approximate surface area is 114 Å². The Balaban J connectivity index is 1.76. The van der Waals surface area contributed by atoms with Crippen LogP contribution in [-0.4, -0.2) is 6.54 Å². The number of nitrogens with one attached hydrogen (secondary N) is 1. The van der Waals surface area contributed by atoms with Crippen LogP contribution in [0.15, 0.2) is 18.2 Å². The van der Waals surface area contributed by atoms with Gasteiger partial charge in [0.15, 0.2) is 0 Å². The van der Waals surface area contributed by atoms with Gasteiger partial charge in [0.2, 0.25) is 0 Å². The topological polar surface area (TPSA) is 12.0 Å². The lowest BCUT2D eigenvalue weighted by Gasteiger charge is -2.14. The van der Waals surface area contributed by atoms with E-state index in [0.717, 1.165) is 12.5 Å². The van der Waals surface area contributed by atoms with Crippen molar-refractivity contribution >= 4 is 23.2 Å². The summed E-state index contributed by atoms with van der Waals surface area (Å²) in [7, 11) is 0. The van der Waals surface area contributed by atoms with Crippen LogP contribution in [-0.2, 0) is 0 Å². The standard InChI is InChI=1S/C14H19Cl2N/c1-10(17-8-2-3-11-4-5-11)12-6-7-13(15)14(16)9-12/h6-7,9-11,17H,2-5,8H2,1H3. The molecule has 0 amide bonds. The molecule has 1 saturated carbocycles. The molecule has 1 fully saturated rings. The molecule has 1 aliphatic carbocycles. The number of hydrogen-bond acceptors (Lipinski definition) is 1. The van der Waals surface area contributed by atoms with Crippen LogP contribution in [0.4, 0.5) is 0 Å². The van der Waals surface area contributed by atoms with E-state index in [1.165, 1.54) is 31.2 Å². The van der Waals surface area contributed by atoms with E-state index in [1.807, 2.05) is 18.2 Å². The highest BCUT2D eigenvalue weighted by Gasteiger charge is 2.20. The van der Waals surface area contributed by atoms with E-state index in [2.05, 4.69) is 12.2 Å². The summed E-state index contributed by atoms with van der Waals surface area (Å²) in [5.41, 5.74) is 1.20. The van der Waals surface area contributed by atoms with Crippen LogP contribution in [0.3, 0.4) is 0 Å². The number of hydrogen-bond donors (Lipinski definition) is 1. The average Bonchev–Trinajstić information content (AvgIpc) is 3.12. The van der Waals surface area contributed by atoms with Crippen molar-refractivity contribution in [2.45, 2.75) is 38.6 Å². The molecule has 0 aliphatic heterocycles. The lowest BCUT2D eigenvalue weighted by atomic mass is 10.1. The van der Waals surface area contributed by atoms with Crippen molar-refractivity contribution in [2.24, 2.45) is 5.92 Å². The van der Waals surface area contributed by atoms with Crippen LogP contribution >= 0.6 is 23.2 Å². The van der Waals surface area contributed by atoms with Crippen LogP contribution in [0.5, 0.6) is 0 Å². The van der Waals surface area contributed by atoms with Crippen LogP contribution < -0.4 is 5.32 Å². The van der Waals surface area contributed by atoms with Crippen LogP contribution in [0, 0.1) is 5.92 Å². The Morgan fingerprint density at radius 1 is 1.29 bits per heavy atom. The first-order chi connectivity index (χ1) is 8.16. The Morgan fingerprint density at radius 2 is 2.06 bits per heavy atom. The lowest BCUT2D eigenvalue weighted by molar-refractivity contribution is 0.533. The molecule has 0 spiro atoms. The summed E-state index contributed by atoms with van der Waals surface area (Å²) in [6.07, 6.45) is 5.54. The summed E-state index contributed by atoms with van der Waals surface area (Å²) in [4.78, 5) is 0. The molecule has 1 aromatic carbocycles. The van der Waals surface area contributed by atoms with Crippen molar-refractivity contribution in [3.8, 4) is 0 Å². The molecule has 1 atom stereocenters. The fraction of sp³-hybridized carbons (Fsp3) is 0.571. The molecular weight excluding hydrogens is 253 g/mol. The van der Waals surface area contributed by atoms with E-state index in [4.69, 9.17) is 23.2 Å². The van der Waals surface area contributed by atoms with Gasteiger partial charge < -0.3 is 5.32 Å². The molecule has 17 heavy (non-hydrogen) atoms.